The third-order valence-corrected chi connectivity index (χ3v) is 11.8. The van der Waals surface area contributed by atoms with Crippen LogP contribution in [0.3, 0.4) is 0 Å². The molecule has 1 unspecified atom stereocenters. The Hall–Kier alpha value is -4.48. The van der Waals surface area contributed by atoms with Crippen LogP contribution in [-0.2, 0) is 37.9 Å². The molecule has 0 spiro atoms. The second-order valence-electron chi connectivity index (χ2n) is 15.7. The number of aromatic nitrogens is 2. The number of benzene rings is 1. The second kappa shape index (κ2) is 20.7. The van der Waals surface area contributed by atoms with E-state index in [1.807, 2.05) is 11.8 Å². The van der Waals surface area contributed by atoms with Gasteiger partial charge in [-0.1, -0.05) is 71.4 Å². The third-order valence-electron chi connectivity index (χ3n) is 11.0. The van der Waals surface area contributed by atoms with Gasteiger partial charge >= 0.3 is 31.5 Å². The number of unbranched alkanes of at least 4 members (excludes halogenated alkanes) is 1. The molecule has 0 aliphatic carbocycles. The van der Waals surface area contributed by atoms with Crippen LogP contribution in [-0.4, -0.2) is 161 Å². The maximum absolute atomic E-state index is 15.7. The Labute approximate surface area is 345 Å². The number of nitrogens with zero attached hydrogens (tertiary/aromatic N) is 6. The average molecular weight is 848 g/mol. The molecule has 19 heteroatoms. The van der Waals surface area contributed by atoms with Crippen LogP contribution >= 0.6 is 7.60 Å². The summed E-state index contributed by atoms with van der Waals surface area (Å²) in [6, 6.07) is 5.46. The molecule has 0 bridgehead atoms. The highest BCUT2D eigenvalue weighted by molar-refractivity contribution is 7.51. The first-order valence-corrected chi connectivity index (χ1v) is 21.8. The van der Waals surface area contributed by atoms with Crippen LogP contribution < -0.4 is 4.90 Å². The van der Waals surface area contributed by atoms with Gasteiger partial charge in [0.05, 0.1) is 46.2 Å². The largest absolute Gasteiger partial charge is 0.467 e. The summed E-state index contributed by atoms with van der Waals surface area (Å²) in [6.45, 7) is 9.18. The summed E-state index contributed by atoms with van der Waals surface area (Å²) in [6.07, 6.45) is 0.189. The zero-order chi connectivity index (χ0) is 43.7. The van der Waals surface area contributed by atoms with E-state index < -0.39 is 78.0 Å². The number of carbonyl (C=O) groups is 5. The summed E-state index contributed by atoms with van der Waals surface area (Å²) in [4.78, 5) is 107. The van der Waals surface area contributed by atoms with Gasteiger partial charge in [-0.05, 0) is 18.8 Å². The molecule has 1 aromatic heterocycles. The molecule has 1 aromatic carbocycles. The molecule has 2 aliphatic heterocycles. The average Bonchev–Trinajstić information content (AvgIpc) is 3.71. The number of methoxy groups -OCH3 is 3. The number of anilines is 1. The van der Waals surface area contributed by atoms with Gasteiger partial charge in [0.25, 0.3) is 5.91 Å². The fraction of sp³-hybridized carbons (Fsp3) is 0.625. The van der Waals surface area contributed by atoms with Gasteiger partial charge in [-0.25, -0.2) is 33.6 Å². The van der Waals surface area contributed by atoms with Gasteiger partial charge in [-0.2, -0.15) is 0 Å². The van der Waals surface area contributed by atoms with Crippen molar-refractivity contribution in [1.29, 1.82) is 0 Å². The van der Waals surface area contributed by atoms with Crippen LogP contribution in [0.4, 0.5) is 10.6 Å². The topological polar surface area (TPSA) is 215 Å². The monoisotopic (exact) mass is 847 g/mol. The lowest BCUT2D eigenvalue weighted by atomic mass is 9.94. The van der Waals surface area contributed by atoms with Crippen LogP contribution in [0.2, 0.25) is 0 Å². The highest BCUT2D eigenvalue weighted by Crippen LogP contribution is 2.40. The first-order chi connectivity index (χ1) is 27.9. The Kier molecular flexibility index (Phi) is 16.5. The molecule has 326 valence electrons. The van der Waals surface area contributed by atoms with Crippen molar-refractivity contribution in [1.82, 2.24) is 19.8 Å². The molecule has 3 amide bonds. The first kappa shape index (κ1) is 47.2. The van der Waals surface area contributed by atoms with E-state index in [0.29, 0.717) is 37.3 Å². The molecule has 59 heavy (non-hydrogen) atoms. The maximum Gasteiger partial charge on any atom is 0.410 e. The molecule has 2 fully saturated rings. The molecule has 2 N–H and O–H groups in total. The Bertz CT molecular complexity index is 1830. The quantitative estimate of drug-likeness (QED) is 0.0768. The number of rotatable bonds is 17. The molecular formula is C40H60N6O12P+. The number of piperazine rings is 1. The van der Waals surface area contributed by atoms with Crippen molar-refractivity contribution >= 4 is 43.3 Å². The van der Waals surface area contributed by atoms with Gasteiger partial charge in [-0.15, -0.1) is 0 Å². The summed E-state index contributed by atoms with van der Waals surface area (Å²) in [5.74, 6) is -4.49. The van der Waals surface area contributed by atoms with Gasteiger partial charge in [-0.3, -0.25) is 14.3 Å². The van der Waals surface area contributed by atoms with E-state index >= 15 is 9.59 Å². The molecule has 2 aromatic rings. The maximum atomic E-state index is 15.7. The zero-order valence-electron chi connectivity index (χ0n) is 35.3. The van der Waals surface area contributed by atoms with Gasteiger partial charge in [0.1, 0.15) is 30.6 Å². The Morgan fingerprint density at radius 1 is 0.932 bits per heavy atom. The third kappa shape index (κ3) is 11.2. The number of quaternary nitrogens is 1. The van der Waals surface area contributed by atoms with Crippen molar-refractivity contribution in [3.8, 4) is 11.4 Å². The number of amides is 3. The number of hydrogen-bond donors (Lipinski definition) is 2. The molecule has 0 saturated carbocycles. The molecule has 18 nitrogen and oxygen atoms in total. The lowest BCUT2D eigenvalue weighted by Gasteiger charge is -2.49. The molecule has 0 radical (unpaired) electrons. The van der Waals surface area contributed by atoms with E-state index in [-0.39, 0.29) is 50.4 Å². The fourth-order valence-electron chi connectivity index (χ4n) is 7.98. The van der Waals surface area contributed by atoms with Crippen LogP contribution in [0.15, 0.2) is 36.4 Å². The van der Waals surface area contributed by atoms with Crippen LogP contribution in [0, 0.1) is 11.8 Å². The van der Waals surface area contributed by atoms with E-state index in [4.69, 9.17) is 23.9 Å². The van der Waals surface area contributed by atoms with E-state index in [2.05, 4.69) is 4.98 Å². The lowest BCUT2D eigenvalue weighted by molar-refractivity contribution is -0.879. The molecule has 4 atom stereocenters. The smallest absolute Gasteiger partial charge is 0.410 e. The predicted octanol–water partition coefficient (Wildman–Crippen LogP) is 3.35. The van der Waals surface area contributed by atoms with E-state index in [9.17, 15) is 28.7 Å². The molecule has 2 aliphatic rings. The number of carbonyl (C=O) groups excluding carboxylic acids is 5. The van der Waals surface area contributed by atoms with Crippen molar-refractivity contribution in [3.05, 3.63) is 42.1 Å². The minimum atomic E-state index is -5.21. The van der Waals surface area contributed by atoms with Crippen LogP contribution in [0.1, 0.15) is 64.4 Å². The summed E-state index contributed by atoms with van der Waals surface area (Å²) in [5.41, 5.74) is 0.300. The second-order valence-corrected chi connectivity index (χ2v) is 17.4. The Balaban J connectivity index is 1.97. The normalized spacial score (nSPS) is 18.3. The lowest BCUT2D eigenvalue weighted by Crippen LogP contribution is -2.74. The van der Waals surface area contributed by atoms with Crippen LogP contribution in [0.5, 0.6) is 0 Å². The SMILES string of the molecule is CCCCOC(=O)N1CC[N+](C(=O)[C@H](CP(=O)(O)O)N(C(=O)c2cc(N3CC[C@H](OC)C3)nc(-c3ccccc3)n2)C(C(=O)OC)C(C)C)([C@H](C(=O)OC)C(C)C)CC1. The molecular weight excluding hydrogens is 787 g/mol. The summed E-state index contributed by atoms with van der Waals surface area (Å²) >= 11 is 0. The van der Waals surface area contributed by atoms with E-state index in [1.54, 1.807) is 65.1 Å². The number of ether oxygens (including phenoxy) is 4. The molecule has 2 saturated heterocycles. The highest BCUT2D eigenvalue weighted by Gasteiger charge is 2.58. The van der Waals surface area contributed by atoms with Crippen molar-refractivity contribution in [2.75, 3.05) is 78.3 Å². The van der Waals surface area contributed by atoms with Gasteiger partial charge < -0.3 is 38.5 Å². The number of esters is 2. The van der Waals surface area contributed by atoms with Gasteiger partial charge in [0.2, 0.25) is 0 Å². The van der Waals surface area contributed by atoms with E-state index in [1.165, 1.54) is 18.1 Å². The van der Waals surface area contributed by atoms with Crippen LogP contribution in [0.25, 0.3) is 11.4 Å². The van der Waals surface area contributed by atoms with Crippen molar-refractivity contribution < 1.29 is 61.8 Å². The standard InChI is InChI=1S/C40H59N6O12P/c1-9-10-22-58-40(51)43-18-20-46(21-19-43,34(27(4)5)39(50)57-8)37(48)31(25-59(52,53)54)45(33(26(2)3)38(49)56-7)36(47)30-23-32(44-17-16-29(24-44)55-6)42-35(41-30)28-14-12-11-13-15-28/h11-15,23,26-27,29,31,33-34H,9-10,16-22,24-25H2,1-8H3,(H-,52,53,54)/p+1/t29-,31-,33?,34-/m0/s1. The van der Waals surface area contributed by atoms with E-state index in [0.717, 1.165) is 18.4 Å². The summed E-state index contributed by atoms with van der Waals surface area (Å²) < 4.78 is 33.9. The van der Waals surface area contributed by atoms with Gasteiger partial charge in [0, 0.05) is 37.7 Å². The van der Waals surface area contributed by atoms with Crippen molar-refractivity contribution in [3.63, 3.8) is 0 Å². The minimum Gasteiger partial charge on any atom is -0.467 e. The minimum absolute atomic E-state index is 0.0773. The molecule has 3 heterocycles. The zero-order valence-corrected chi connectivity index (χ0v) is 36.2. The summed E-state index contributed by atoms with van der Waals surface area (Å²) in [5, 5.41) is 0. The number of hydrogen-bond acceptors (Lipinski definition) is 13. The van der Waals surface area contributed by atoms with Gasteiger partial charge in [0.15, 0.2) is 17.9 Å². The summed E-state index contributed by atoms with van der Waals surface area (Å²) in [7, 11) is -1.33. The Morgan fingerprint density at radius 2 is 1.58 bits per heavy atom. The first-order valence-electron chi connectivity index (χ1n) is 20.0. The van der Waals surface area contributed by atoms with Crippen molar-refractivity contribution in [2.24, 2.45) is 11.8 Å². The molecule has 4 rings (SSSR count). The Morgan fingerprint density at radius 3 is 2.10 bits per heavy atom. The van der Waals surface area contributed by atoms with Crippen molar-refractivity contribution in [2.45, 2.75) is 78.1 Å². The fourth-order valence-corrected chi connectivity index (χ4v) is 8.76. The highest BCUT2D eigenvalue weighted by atomic mass is 31.2. The predicted molar refractivity (Wildman–Crippen MR) is 216 cm³/mol.